The van der Waals surface area contributed by atoms with E-state index >= 15 is 0 Å². The van der Waals surface area contributed by atoms with Crippen LogP contribution in [0.5, 0.6) is 0 Å². The molecule has 13 heavy (non-hydrogen) atoms. The molecule has 1 atom stereocenters. The SMILES string of the molecule is CC1(C)O[C@@](C)(I)c2ccccc21. The first-order chi connectivity index (χ1) is 5.93. The van der Waals surface area contributed by atoms with Crippen molar-refractivity contribution in [1.29, 1.82) is 0 Å². The van der Waals surface area contributed by atoms with Gasteiger partial charge in [0.25, 0.3) is 0 Å². The van der Waals surface area contributed by atoms with Gasteiger partial charge in [-0.15, -0.1) is 0 Å². The lowest BCUT2D eigenvalue weighted by atomic mass is 9.95. The molecular weight excluding hydrogens is 275 g/mol. The third-order valence-corrected chi connectivity index (χ3v) is 3.30. The molecule has 2 rings (SSSR count). The Bertz CT molecular complexity index is 309. The molecular formula is C11H13IO. The molecule has 0 bridgehead atoms. The zero-order valence-corrected chi connectivity index (χ0v) is 10.3. The highest BCUT2D eigenvalue weighted by Gasteiger charge is 2.43. The number of rotatable bonds is 0. The Morgan fingerprint density at radius 1 is 1.08 bits per heavy atom. The van der Waals surface area contributed by atoms with Gasteiger partial charge in [0, 0.05) is 0 Å². The van der Waals surface area contributed by atoms with Crippen molar-refractivity contribution < 1.29 is 4.74 Å². The number of alkyl halides is 1. The van der Waals surface area contributed by atoms with Gasteiger partial charge in [-0.25, -0.2) is 0 Å². The van der Waals surface area contributed by atoms with Crippen LogP contribution in [0.3, 0.4) is 0 Å². The summed E-state index contributed by atoms with van der Waals surface area (Å²) in [5, 5.41) is 0. The zero-order valence-electron chi connectivity index (χ0n) is 8.10. The first-order valence-corrected chi connectivity index (χ1v) is 5.50. The summed E-state index contributed by atoms with van der Waals surface area (Å²) in [6.45, 7) is 6.35. The molecule has 0 radical (unpaired) electrons. The fourth-order valence-corrected chi connectivity index (χ4v) is 3.01. The fraction of sp³-hybridized carbons (Fsp3) is 0.455. The van der Waals surface area contributed by atoms with E-state index in [1.807, 2.05) is 0 Å². The summed E-state index contributed by atoms with van der Waals surface area (Å²) in [7, 11) is 0. The Hall–Kier alpha value is -0.0900. The van der Waals surface area contributed by atoms with Gasteiger partial charge < -0.3 is 4.74 Å². The summed E-state index contributed by atoms with van der Waals surface area (Å²) >= 11 is 2.36. The highest BCUT2D eigenvalue weighted by atomic mass is 127. The first kappa shape index (κ1) is 9.46. The molecule has 0 saturated carbocycles. The fourth-order valence-electron chi connectivity index (χ4n) is 1.99. The minimum atomic E-state index is -0.169. The monoisotopic (exact) mass is 288 g/mol. The van der Waals surface area contributed by atoms with E-state index in [4.69, 9.17) is 4.74 Å². The average Bonchev–Trinajstić information content (AvgIpc) is 2.20. The van der Waals surface area contributed by atoms with Gasteiger partial charge in [-0.3, -0.25) is 0 Å². The number of fused-ring (bicyclic) bond motifs is 1. The van der Waals surface area contributed by atoms with Gasteiger partial charge in [-0.05, 0) is 54.5 Å². The number of benzene rings is 1. The molecule has 1 nitrogen and oxygen atoms in total. The van der Waals surface area contributed by atoms with E-state index in [1.54, 1.807) is 0 Å². The summed E-state index contributed by atoms with van der Waals surface area (Å²) in [4.78, 5) is 0. The second-order valence-corrected chi connectivity index (χ2v) is 6.13. The predicted molar refractivity (Wildman–Crippen MR) is 61.9 cm³/mol. The molecule has 70 valence electrons. The summed E-state index contributed by atoms with van der Waals surface area (Å²) < 4.78 is 5.82. The van der Waals surface area contributed by atoms with Gasteiger partial charge in [-0.1, -0.05) is 24.3 Å². The van der Waals surface area contributed by atoms with E-state index in [1.165, 1.54) is 11.1 Å². The quantitative estimate of drug-likeness (QED) is 0.524. The van der Waals surface area contributed by atoms with Gasteiger partial charge >= 0.3 is 0 Å². The summed E-state index contributed by atoms with van der Waals surface area (Å²) in [6, 6.07) is 8.44. The molecule has 1 aliphatic rings. The predicted octanol–water partition coefficient (Wildman–Crippen LogP) is 3.56. The Labute approximate surface area is 92.6 Å². The maximum Gasteiger partial charge on any atom is 0.143 e. The lowest BCUT2D eigenvalue weighted by Gasteiger charge is -2.23. The maximum atomic E-state index is 5.99. The second kappa shape index (κ2) is 2.70. The van der Waals surface area contributed by atoms with Crippen LogP contribution in [0.2, 0.25) is 0 Å². The second-order valence-electron chi connectivity index (χ2n) is 4.07. The van der Waals surface area contributed by atoms with Crippen LogP contribution in [0.25, 0.3) is 0 Å². The summed E-state index contributed by atoms with van der Waals surface area (Å²) in [6.07, 6.45) is 0. The van der Waals surface area contributed by atoms with Crippen LogP contribution in [-0.4, -0.2) is 0 Å². The summed E-state index contributed by atoms with van der Waals surface area (Å²) in [5.41, 5.74) is 2.47. The maximum absolute atomic E-state index is 5.99. The van der Waals surface area contributed by atoms with Crippen molar-refractivity contribution in [3.8, 4) is 0 Å². The molecule has 0 spiro atoms. The Kier molecular flexibility index (Phi) is 1.97. The number of hydrogen-bond donors (Lipinski definition) is 0. The largest absolute Gasteiger partial charge is 0.350 e. The molecule has 0 aliphatic carbocycles. The first-order valence-electron chi connectivity index (χ1n) is 4.42. The van der Waals surface area contributed by atoms with Crippen LogP contribution in [0.15, 0.2) is 24.3 Å². The van der Waals surface area contributed by atoms with Crippen molar-refractivity contribution in [3.05, 3.63) is 35.4 Å². The lowest BCUT2D eigenvalue weighted by molar-refractivity contribution is -0.0540. The van der Waals surface area contributed by atoms with E-state index in [-0.39, 0.29) is 9.21 Å². The van der Waals surface area contributed by atoms with Crippen LogP contribution in [0.1, 0.15) is 31.9 Å². The van der Waals surface area contributed by atoms with Crippen LogP contribution in [-0.2, 0) is 13.9 Å². The smallest absolute Gasteiger partial charge is 0.143 e. The Morgan fingerprint density at radius 2 is 1.62 bits per heavy atom. The Balaban J connectivity index is 2.64. The van der Waals surface area contributed by atoms with Crippen LogP contribution >= 0.6 is 22.6 Å². The normalized spacial score (nSPS) is 30.2. The van der Waals surface area contributed by atoms with E-state index in [0.717, 1.165) is 0 Å². The lowest BCUT2D eigenvalue weighted by Crippen LogP contribution is -2.20. The van der Waals surface area contributed by atoms with Gasteiger partial charge in [0.1, 0.15) is 3.61 Å². The van der Waals surface area contributed by atoms with Gasteiger partial charge in [-0.2, -0.15) is 0 Å². The molecule has 1 aromatic carbocycles. The standard InChI is InChI=1S/C11H13IO/c1-10(2)8-6-4-5-7-9(8)11(3,12)13-10/h4-7H,1-3H3/t11-/m1/s1. The minimum absolute atomic E-state index is 0.146. The molecule has 0 saturated heterocycles. The van der Waals surface area contributed by atoms with Crippen molar-refractivity contribution >= 4 is 22.6 Å². The van der Waals surface area contributed by atoms with Gasteiger partial charge in [0.15, 0.2) is 0 Å². The van der Waals surface area contributed by atoms with Crippen LogP contribution in [0, 0.1) is 0 Å². The molecule has 0 unspecified atom stereocenters. The van der Waals surface area contributed by atoms with Crippen molar-refractivity contribution in [1.82, 2.24) is 0 Å². The van der Waals surface area contributed by atoms with E-state index in [2.05, 4.69) is 67.6 Å². The van der Waals surface area contributed by atoms with Crippen LogP contribution < -0.4 is 0 Å². The minimum Gasteiger partial charge on any atom is -0.350 e. The number of ether oxygens (including phenoxy) is 1. The number of halogens is 1. The van der Waals surface area contributed by atoms with E-state index in [9.17, 15) is 0 Å². The highest BCUT2D eigenvalue weighted by molar-refractivity contribution is 14.1. The van der Waals surface area contributed by atoms with Crippen molar-refractivity contribution in [3.63, 3.8) is 0 Å². The molecule has 0 N–H and O–H groups in total. The van der Waals surface area contributed by atoms with Crippen molar-refractivity contribution in [2.24, 2.45) is 0 Å². The van der Waals surface area contributed by atoms with E-state index in [0.29, 0.717) is 0 Å². The third kappa shape index (κ3) is 1.40. The van der Waals surface area contributed by atoms with E-state index < -0.39 is 0 Å². The third-order valence-electron chi connectivity index (χ3n) is 2.50. The Morgan fingerprint density at radius 3 is 2.15 bits per heavy atom. The molecule has 0 aromatic heterocycles. The topological polar surface area (TPSA) is 9.23 Å². The van der Waals surface area contributed by atoms with Gasteiger partial charge in [0.05, 0.1) is 5.60 Å². The van der Waals surface area contributed by atoms with Gasteiger partial charge in [0.2, 0.25) is 0 Å². The highest BCUT2D eigenvalue weighted by Crippen LogP contribution is 2.50. The molecule has 0 fully saturated rings. The zero-order chi connectivity index (χ0) is 9.69. The number of hydrogen-bond acceptors (Lipinski definition) is 1. The molecule has 0 amide bonds. The molecule has 1 aliphatic heterocycles. The molecule has 2 heteroatoms. The van der Waals surface area contributed by atoms with Crippen molar-refractivity contribution in [2.45, 2.75) is 30.0 Å². The van der Waals surface area contributed by atoms with Crippen molar-refractivity contribution in [2.75, 3.05) is 0 Å². The molecule has 1 aromatic rings. The average molecular weight is 288 g/mol. The summed E-state index contributed by atoms with van der Waals surface area (Å²) in [5.74, 6) is 0. The van der Waals surface area contributed by atoms with Crippen LogP contribution in [0.4, 0.5) is 0 Å². The molecule has 1 heterocycles.